The van der Waals surface area contributed by atoms with Gasteiger partial charge in [0.15, 0.2) is 5.82 Å². The van der Waals surface area contributed by atoms with Crippen molar-refractivity contribution < 1.29 is 22.8 Å². The maximum absolute atomic E-state index is 11.7. The first-order valence-corrected chi connectivity index (χ1v) is 5.24. The molecule has 9 heteroatoms. The molecular weight excluding hydrogens is 250 g/mol. The molecule has 0 fully saturated rings. The molecule has 102 valence electrons. The first-order valence-electron chi connectivity index (χ1n) is 5.24. The van der Waals surface area contributed by atoms with Crippen LogP contribution in [0, 0.1) is 0 Å². The molecule has 0 bridgehead atoms. The van der Waals surface area contributed by atoms with Crippen LogP contribution in [0.15, 0.2) is 4.52 Å². The lowest BCUT2D eigenvalue weighted by molar-refractivity contribution is -0.117. The van der Waals surface area contributed by atoms with Crippen LogP contribution in [0.3, 0.4) is 0 Å². The normalized spacial score (nSPS) is 11.1. The molecule has 0 aromatic carbocycles. The smallest absolute Gasteiger partial charge is 0.261 e. The van der Waals surface area contributed by atoms with Gasteiger partial charge in [-0.2, -0.15) is 4.98 Å². The molecular formula is C9H14F2N4O3. The second-order valence-electron chi connectivity index (χ2n) is 3.39. The summed E-state index contributed by atoms with van der Waals surface area (Å²) in [7, 11) is 0. The Morgan fingerprint density at radius 2 is 2.33 bits per heavy atom. The van der Waals surface area contributed by atoms with Gasteiger partial charge in [-0.25, -0.2) is 8.78 Å². The molecule has 0 aliphatic rings. The lowest BCUT2D eigenvalue weighted by Gasteiger charge is -1.99. The fourth-order valence-electron chi connectivity index (χ4n) is 1.09. The summed E-state index contributed by atoms with van der Waals surface area (Å²) in [4.78, 5) is 14.4. The molecule has 7 nitrogen and oxygen atoms in total. The molecule has 18 heavy (non-hydrogen) atoms. The van der Waals surface area contributed by atoms with E-state index in [2.05, 4.69) is 20.2 Å². The van der Waals surface area contributed by atoms with Gasteiger partial charge >= 0.3 is 0 Å². The molecule has 0 aliphatic heterocycles. The number of nitrogens with zero attached hydrogens (tertiary/aromatic N) is 2. The average molecular weight is 264 g/mol. The van der Waals surface area contributed by atoms with Crippen molar-refractivity contribution in [3.05, 3.63) is 11.7 Å². The van der Waals surface area contributed by atoms with E-state index in [1.807, 2.05) is 0 Å². The van der Waals surface area contributed by atoms with Crippen molar-refractivity contribution in [2.24, 2.45) is 5.73 Å². The molecule has 1 aromatic rings. The largest absolute Gasteiger partial charge is 0.375 e. The second kappa shape index (κ2) is 7.67. The van der Waals surface area contributed by atoms with Crippen LogP contribution < -0.4 is 11.1 Å². The van der Waals surface area contributed by atoms with Crippen molar-refractivity contribution in [2.75, 3.05) is 19.8 Å². The third-order valence-corrected chi connectivity index (χ3v) is 1.80. The van der Waals surface area contributed by atoms with E-state index in [9.17, 15) is 13.6 Å². The number of carbonyl (C=O) groups is 1. The lowest BCUT2D eigenvalue weighted by atomic mass is 10.4. The average Bonchev–Trinajstić information content (AvgIpc) is 2.72. The highest BCUT2D eigenvalue weighted by molar-refractivity contribution is 5.75. The molecule has 0 unspecified atom stereocenters. The number of alkyl halides is 2. The standard InChI is InChI=1S/C9H14F2N4O3/c10-6(11)5-17-2-1-8-14-9(18-15-8)4-13-3-7(12)16/h6,13H,1-5H2,(H2,12,16). The van der Waals surface area contributed by atoms with Crippen LogP contribution in [0.4, 0.5) is 8.78 Å². The summed E-state index contributed by atoms with van der Waals surface area (Å²) in [5.41, 5.74) is 4.92. The third-order valence-electron chi connectivity index (χ3n) is 1.80. The molecule has 0 saturated heterocycles. The molecule has 3 N–H and O–H groups in total. The number of aromatic nitrogens is 2. The van der Waals surface area contributed by atoms with Gasteiger partial charge in [0.25, 0.3) is 6.43 Å². The van der Waals surface area contributed by atoms with E-state index in [-0.39, 0.29) is 26.1 Å². The van der Waals surface area contributed by atoms with E-state index in [0.29, 0.717) is 11.7 Å². The van der Waals surface area contributed by atoms with E-state index < -0.39 is 18.9 Å². The van der Waals surface area contributed by atoms with Gasteiger partial charge in [0.2, 0.25) is 11.8 Å². The number of halogens is 2. The van der Waals surface area contributed by atoms with E-state index in [1.165, 1.54) is 0 Å². The molecule has 0 atom stereocenters. The van der Waals surface area contributed by atoms with Crippen molar-refractivity contribution in [1.29, 1.82) is 0 Å². The Morgan fingerprint density at radius 1 is 1.56 bits per heavy atom. The number of hydrogen-bond acceptors (Lipinski definition) is 6. The predicted molar refractivity (Wildman–Crippen MR) is 55.7 cm³/mol. The van der Waals surface area contributed by atoms with Gasteiger partial charge in [-0.1, -0.05) is 5.16 Å². The van der Waals surface area contributed by atoms with Crippen molar-refractivity contribution in [3.8, 4) is 0 Å². The zero-order chi connectivity index (χ0) is 13.4. The summed E-state index contributed by atoms with van der Waals surface area (Å²) >= 11 is 0. The van der Waals surface area contributed by atoms with E-state index in [4.69, 9.17) is 10.3 Å². The first kappa shape index (κ1) is 14.5. The van der Waals surface area contributed by atoms with Gasteiger partial charge in [-0.3, -0.25) is 10.1 Å². The lowest BCUT2D eigenvalue weighted by Crippen LogP contribution is -2.28. The highest BCUT2D eigenvalue weighted by atomic mass is 19.3. The quantitative estimate of drug-likeness (QED) is 0.581. The van der Waals surface area contributed by atoms with Crippen molar-refractivity contribution >= 4 is 5.91 Å². The van der Waals surface area contributed by atoms with Crippen molar-refractivity contribution in [2.45, 2.75) is 19.4 Å². The van der Waals surface area contributed by atoms with Crippen LogP contribution >= 0.6 is 0 Å². The van der Waals surface area contributed by atoms with Crippen LogP contribution in [-0.4, -0.2) is 42.2 Å². The Kier molecular flexibility index (Phi) is 6.15. The molecule has 1 rings (SSSR count). The predicted octanol–water partition coefficient (Wildman–Crippen LogP) is -0.531. The second-order valence-corrected chi connectivity index (χ2v) is 3.39. The van der Waals surface area contributed by atoms with Gasteiger partial charge in [0, 0.05) is 6.42 Å². The number of primary amides is 1. The van der Waals surface area contributed by atoms with Crippen LogP contribution in [0.2, 0.25) is 0 Å². The number of carbonyl (C=O) groups excluding carboxylic acids is 1. The molecule has 1 amide bonds. The highest BCUT2D eigenvalue weighted by Crippen LogP contribution is 1.99. The van der Waals surface area contributed by atoms with Crippen LogP contribution in [0.1, 0.15) is 11.7 Å². The summed E-state index contributed by atoms with van der Waals surface area (Å²) < 4.78 is 33.0. The summed E-state index contributed by atoms with van der Waals surface area (Å²) in [6, 6.07) is 0. The Balaban J connectivity index is 2.19. The van der Waals surface area contributed by atoms with Gasteiger partial charge in [0.05, 0.1) is 19.7 Å². The number of hydrogen-bond donors (Lipinski definition) is 2. The fraction of sp³-hybridized carbons (Fsp3) is 0.667. The Morgan fingerprint density at radius 3 is 3.00 bits per heavy atom. The van der Waals surface area contributed by atoms with E-state index in [0.717, 1.165) is 0 Å². The molecule has 0 aliphatic carbocycles. The Labute approximate surface area is 102 Å². The van der Waals surface area contributed by atoms with E-state index >= 15 is 0 Å². The minimum absolute atomic E-state index is 0.00914. The van der Waals surface area contributed by atoms with Crippen molar-refractivity contribution in [1.82, 2.24) is 15.5 Å². The number of amides is 1. The van der Waals surface area contributed by atoms with Crippen molar-refractivity contribution in [3.63, 3.8) is 0 Å². The fourth-order valence-corrected chi connectivity index (χ4v) is 1.09. The van der Waals surface area contributed by atoms with E-state index in [1.54, 1.807) is 0 Å². The molecule has 1 aromatic heterocycles. The highest BCUT2D eigenvalue weighted by Gasteiger charge is 2.07. The summed E-state index contributed by atoms with van der Waals surface area (Å²) in [5, 5.41) is 6.32. The maximum atomic E-state index is 11.7. The zero-order valence-corrected chi connectivity index (χ0v) is 9.57. The molecule has 1 heterocycles. The van der Waals surface area contributed by atoms with Gasteiger partial charge in [-0.15, -0.1) is 0 Å². The number of nitrogens with two attached hydrogens (primary N) is 1. The molecule has 0 saturated carbocycles. The minimum Gasteiger partial charge on any atom is -0.375 e. The van der Waals surface area contributed by atoms with Gasteiger partial charge < -0.3 is 15.0 Å². The Hall–Kier alpha value is -1.61. The van der Waals surface area contributed by atoms with Crippen LogP contribution in [0.25, 0.3) is 0 Å². The maximum Gasteiger partial charge on any atom is 0.261 e. The monoisotopic (exact) mass is 264 g/mol. The van der Waals surface area contributed by atoms with Gasteiger partial charge in [-0.05, 0) is 0 Å². The number of nitrogens with one attached hydrogen (secondary N) is 1. The zero-order valence-electron chi connectivity index (χ0n) is 9.57. The first-order chi connectivity index (χ1) is 8.58. The van der Waals surface area contributed by atoms with Crippen LogP contribution in [-0.2, 0) is 22.5 Å². The third kappa shape index (κ3) is 6.21. The van der Waals surface area contributed by atoms with Crippen LogP contribution in [0.5, 0.6) is 0 Å². The topological polar surface area (TPSA) is 103 Å². The minimum atomic E-state index is -2.48. The number of rotatable bonds is 9. The SMILES string of the molecule is NC(=O)CNCc1nc(CCOCC(F)F)no1. The summed E-state index contributed by atoms with van der Waals surface area (Å²) in [6.07, 6.45) is -2.20. The molecule has 0 radical (unpaired) electrons. The number of ether oxygens (including phenoxy) is 1. The summed E-state index contributed by atoms with van der Waals surface area (Å²) in [5.74, 6) is 0.162. The van der Waals surface area contributed by atoms with Gasteiger partial charge in [0.1, 0.15) is 6.61 Å². The summed E-state index contributed by atoms with van der Waals surface area (Å²) in [6.45, 7) is -0.286. The Bertz CT molecular complexity index is 372. The molecule has 0 spiro atoms.